The Kier molecular flexibility index (Phi) is 6.39. The van der Waals surface area contributed by atoms with E-state index in [-0.39, 0.29) is 5.91 Å². The molecule has 6 nitrogen and oxygen atoms in total. The van der Waals surface area contributed by atoms with Gasteiger partial charge in [0.05, 0.1) is 30.4 Å². The van der Waals surface area contributed by atoms with E-state index >= 15 is 0 Å². The monoisotopic (exact) mass is 450 g/mol. The van der Waals surface area contributed by atoms with Crippen LogP contribution in [-0.2, 0) is 17.6 Å². The summed E-state index contributed by atoms with van der Waals surface area (Å²) in [5.74, 6) is 1.17. The molecule has 0 aliphatic carbocycles. The van der Waals surface area contributed by atoms with Crippen molar-refractivity contribution in [2.75, 3.05) is 12.0 Å². The van der Waals surface area contributed by atoms with Crippen LogP contribution in [0.5, 0.6) is 5.75 Å². The van der Waals surface area contributed by atoms with E-state index in [4.69, 9.17) is 9.72 Å². The highest BCUT2D eigenvalue weighted by molar-refractivity contribution is 7.98. The highest BCUT2D eigenvalue weighted by Crippen LogP contribution is 2.36. The van der Waals surface area contributed by atoms with Gasteiger partial charge in [-0.05, 0) is 17.7 Å². The molecule has 4 rings (SSSR count). The van der Waals surface area contributed by atoms with Crippen molar-refractivity contribution in [3.8, 4) is 17.0 Å². The van der Waals surface area contributed by atoms with Crippen LogP contribution in [0, 0.1) is 0 Å². The average molecular weight is 451 g/mol. The number of anilines is 2. The molecule has 0 atom stereocenters. The zero-order chi connectivity index (χ0) is 21.8. The Labute approximate surface area is 189 Å². The minimum Gasteiger partial charge on any atom is -0.495 e. The molecule has 0 unspecified atom stereocenters. The summed E-state index contributed by atoms with van der Waals surface area (Å²) < 4.78 is 7.52. The lowest BCUT2D eigenvalue weighted by molar-refractivity contribution is -0.115. The fourth-order valence-electron chi connectivity index (χ4n) is 3.23. The van der Waals surface area contributed by atoms with Crippen molar-refractivity contribution < 1.29 is 9.53 Å². The molecule has 0 fully saturated rings. The summed E-state index contributed by atoms with van der Waals surface area (Å²) in [5.41, 5.74) is 3.79. The maximum absolute atomic E-state index is 12.4. The number of rotatable bonds is 7. The zero-order valence-electron chi connectivity index (χ0n) is 17.5. The Morgan fingerprint density at radius 1 is 1.16 bits per heavy atom. The van der Waals surface area contributed by atoms with Crippen LogP contribution in [0.4, 0.5) is 10.8 Å². The summed E-state index contributed by atoms with van der Waals surface area (Å²) in [6, 6.07) is 17.6. The maximum atomic E-state index is 12.4. The van der Waals surface area contributed by atoms with E-state index in [1.807, 2.05) is 61.1 Å². The van der Waals surface area contributed by atoms with Crippen LogP contribution < -0.4 is 9.64 Å². The second kappa shape index (κ2) is 9.36. The summed E-state index contributed by atoms with van der Waals surface area (Å²) in [5, 5.41) is 3.52. The lowest BCUT2D eigenvalue weighted by atomic mass is 10.2. The first-order chi connectivity index (χ1) is 15.1. The van der Waals surface area contributed by atoms with Crippen LogP contribution in [0.2, 0.25) is 0 Å². The molecule has 0 aliphatic heterocycles. The number of aromatic nitrogens is 3. The van der Waals surface area contributed by atoms with Crippen molar-refractivity contribution in [3.05, 3.63) is 71.9 Å². The van der Waals surface area contributed by atoms with Crippen molar-refractivity contribution in [1.29, 1.82) is 0 Å². The molecule has 0 radical (unpaired) electrons. The molecular formula is C23H22N4O2S2. The molecule has 0 saturated carbocycles. The predicted octanol–water partition coefficient (Wildman–Crippen LogP) is 5.53. The van der Waals surface area contributed by atoms with Gasteiger partial charge in [-0.1, -0.05) is 54.2 Å². The Morgan fingerprint density at radius 3 is 2.65 bits per heavy atom. The van der Waals surface area contributed by atoms with Crippen molar-refractivity contribution in [3.63, 3.8) is 0 Å². The Balaban J connectivity index is 1.52. The summed E-state index contributed by atoms with van der Waals surface area (Å²) in [6.07, 6.45) is 1.89. The highest BCUT2D eigenvalue weighted by atomic mass is 32.2. The molecule has 1 amide bonds. The molecule has 0 N–H and O–H groups in total. The van der Waals surface area contributed by atoms with Crippen LogP contribution in [0.15, 0.2) is 71.3 Å². The zero-order valence-corrected chi connectivity index (χ0v) is 19.1. The Morgan fingerprint density at radius 2 is 1.90 bits per heavy atom. The molecule has 4 aromatic rings. The van der Waals surface area contributed by atoms with Crippen LogP contribution in [0.3, 0.4) is 0 Å². The number of carbonyl (C=O) groups excluding carboxylic acids is 1. The SMILES string of the molecule is COc1ccccc1N(C(C)=O)c1nc(CSc2ncc(-c3ccccc3)n2C)cs1. The lowest BCUT2D eigenvalue weighted by Gasteiger charge is -2.20. The van der Waals surface area contributed by atoms with Crippen LogP contribution in [0.1, 0.15) is 12.6 Å². The van der Waals surface area contributed by atoms with Gasteiger partial charge in [0.1, 0.15) is 5.75 Å². The van der Waals surface area contributed by atoms with E-state index in [9.17, 15) is 4.79 Å². The normalized spacial score (nSPS) is 10.8. The number of imidazole rings is 1. The molecule has 0 bridgehead atoms. The third kappa shape index (κ3) is 4.50. The van der Waals surface area contributed by atoms with E-state index < -0.39 is 0 Å². The molecule has 0 aliphatic rings. The van der Waals surface area contributed by atoms with Gasteiger partial charge < -0.3 is 9.30 Å². The largest absolute Gasteiger partial charge is 0.495 e. The number of ether oxygens (including phenoxy) is 1. The molecule has 0 spiro atoms. The van der Waals surface area contributed by atoms with Crippen molar-refractivity contribution >= 4 is 39.8 Å². The standard InChI is InChI=1S/C23H22N4O2S2/c1-16(28)27(19-11-7-8-12-21(19)29-3)23-25-18(15-31-23)14-30-22-24-13-20(26(22)2)17-9-5-4-6-10-17/h4-13,15H,14H2,1-3H3. The Bertz CT molecular complexity index is 1190. The molecule has 158 valence electrons. The van der Waals surface area contributed by atoms with Gasteiger partial charge in [-0.25, -0.2) is 9.97 Å². The molecule has 2 heterocycles. The van der Waals surface area contributed by atoms with Crippen LogP contribution >= 0.6 is 23.1 Å². The van der Waals surface area contributed by atoms with E-state index in [1.54, 1.807) is 23.8 Å². The van der Waals surface area contributed by atoms with Crippen molar-refractivity contribution in [1.82, 2.24) is 14.5 Å². The topological polar surface area (TPSA) is 60.2 Å². The average Bonchev–Trinajstić information content (AvgIpc) is 3.40. The molecule has 2 aromatic carbocycles. The maximum Gasteiger partial charge on any atom is 0.230 e. The third-order valence-corrected chi connectivity index (χ3v) is 6.69. The van der Waals surface area contributed by atoms with Gasteiger partial charge in [0.25, 0.3) is 0 Å². The number of hydrogen-bond donors (Lipinski definition) is 0. The Hall–Kier alpha value is -3.10. The fourth-order valence-corrected chi connectivity index (χ4v) is 5.06. The number of nitrogens with zero attached hydrogens (tertiary/aromatic N) is 4. The number of carbonyl (C=O) groups is 1. The summed E-state index contributed by atoms with van der Waals surface area (Å²) in [4.78, 5) is 23.3. The summed E-state index contributed by atoms with van der Waals surface area (Å²) >= 11 is 3.06. The second-order valence-electron chi connectivity index (χ2n) is 6.79. The van der Waals surface area contributed by atoms with E-state index in [2.05, 4.69) is 21.7 Å². The number of hydrogen-bond acceptors (Lipinski definition) is 6. The number of para-hydroxylation sites is 2. The van der Waals surface area contributed by atoms with Gasteiger partial charge >= 0.3 is 0 Å². The summed E-state index contributed by atoms with van der Waals surface area (Å²) in [7, 11) is 3.61. The third-order valence-electron chi connectivity index (χ3n) is 4.74. The summed E-state index contributed by atoms with van der Waals surface area (Å²) in [6.45, 7) is 1.53. The number of amides is 1. The minimum absolute atomic E-state index is 0.116. The van der Waals surface area contributed by atoms with Crippen molar-refractivity contribution in [2.24, 2.45) is 7.05 Å². The molecular weight excluding hydrogens is 428 g/mol. The van der Waals surface area contributed by atoms with Crippen LogP contribution in [0.25, 0.3) is 11.3 Å². The number of thiazole rings is 1. The lowest BCUT2D eigenvalue weighted by Crippen LogP contribution is -2.23. The first kappa shape index (κ1) is 21.1. The van der Waals surface area contributed by atoms with Gasteiger partial charge in [-0.15, -0.1) is 11.3 Å². The molecule has 8 heteroatoms. The predicted molar refractivity (Wildman–Crippen MR) is 126 cm³/mol. The number of thioether (sulfide) groups is 1. The van der Waals surface area contributed by atoms with Gasteiger partial charge in [0, 0.05) is 25.1 Å². The fraction of sp³-hybridized carbons (Fsp3) is 0.174. The van der Waals surface area contributed by atoms with Gasteiger partial charge in [-0.2, -0.15) is 0 Å². The van der Waals surface area contributed by atoms with Crippen molar-refractivity contribution in [2.45, 2.75) is 17.8 Å². The highest BCUT2D eigenvalue weighted by Gasteiger charge is 2.21. The molecule has 2 aromatic heterocycles. The van der Waals surface area contributed by atoms with Gasteiger partial charge in [-0.3, -0.25) is 9.69 Å². The van der Waals surface area contributed by atoms with Crippen LogP contribution in [-0.4, -0.2) is 27.6 Å². The second-order valence-corrected chi connectivity index (χ2v) is 8.57. The number of benzene rings is 2. The quantitative estimate of drug-likeness (QED) is 0.347. The minimum atomic E-state index is -0.116. The molecule has 0 saturated heterocycles. The first-order valence-corrected chi connectivity index (χ1v) is 11.5. The van der Waals surface area contributed by atoms with Gasteiger partial charge in [0.15, 0.2) is 10.3 Å². The molecule has 31 heavy (non-hydrogen) atoms. The van der Waals surface area contributed by atoms with Gasteiger partial charge in [0.2, 0.25) is 5.91 Å². The van der Waals surface area contributed by atoms with E-state index in [0.717, 1.165) is 22.1 Å². The van der Waals surface area contributed by atoms with E-state index in [0.29, 0.717) is 22.3 Å². The smallest absolute Gasteiger partial charge is 0.230 e. The first-order valence-electron chi connectivity index (χ1n) is 9.66. The van der Waals surface area contributed by atoms with E-state index in [1.165, 1.54) is 18.3 Å². The number of methoxy groups -OCH3 is 1.